The maximum Gasteiger partial charge on any atom is 0.343 e. The van der Waals surface area contributed by atoms with E-state index >= 15 is 0 Å². The molecule has 0 amide bonds. The van der Waals surface area contributed by atoms with E-state index in [1.165, 1.54) is 12.3 Å². The minimum Gasteiger partial charge on any atom is -0.423 e. The van der Waals surface area contributed by atoms with E-state index in [4.69, 9.17) is 10.5 Å². The molecule has 2 aliphatic heterocycles. The van der Waals surface area contributed by atoms with Gasteiger partial charge in [0.25, 0.3) is 5.56 Å². The van der Waals surface area contributed by atoms with Gasteiger partial charge in [-0.05, 0) is 48.7 Å². The number of nitrogens with two attached hydrogens (primary N) is 1. The smallest absolute Gasteiger partial charge is 0.343 e. The molecule has 4 aliphatic rings. The van der Waals surface area contributed by atoms with Gasteiger partial charge in [0.05, 0.1) is 23.8 Å². The first-order valence-corrected chi connectivity index (χ1v) is 13.4. The number of carbonyl (C=O) groups excluding carboxylic acids is 1. The van der Waals surface area contributed by atoms with E-state index in [2.05, 4.69) is 37.8 Å². The van der Waals surface area contributed by atoms with E-state index in [-0.39, 0.29) is 53.1 Å². The molecule has 39 heavy (non-hydrogen) atoms. The van der Waals surface area contributed by atoms with Crippen LogP contribution < -0.4 is 16.6 Å². The van der Waals surface area contributed by atoms with Crippen molar-refractivity contribution in [3.8, 4) is 0 Å². The predicted octanol–water partition coefficient (Wildman–Crippen LogP) is 1.84. The van der Waals surface area contributed by atoms with Gasteiger partial charge in [-0.15, -0.1) is 0 Å². The highest BCUT2D eigenvalue weighted by Gasteiger charge is 2.61. The van der Waals surface area contributed by atoms with Crippen molar-refractivity contribution in [3.05, 3.63) is 64.1 Å². The summed E-state index contributed by atoms with van der Waals surface area (Å²) in [5, 5.41) is 25.1. The first-order chi connectivity index (χ1) is 18.6. The van der Waals surface area contributed by atoms with Crippen LogP contribution in [0.5, 0.6) is 0 Å². The molecule has 0 saturated heterocycles. The molecule has 0 bridgehead atoms. The Hall–Kier alpha value is -3.70. The van der Waals surface area contributed by atoms with Crippen molar-refractivity contribution in [2.75, 3.05) is 17.7 Å². The molecule has 6 N–H and O–H groups in total. The van der Waals surface area contributed by atoms with E-state index in [1.807, 2.05) is 19.2 Å². The van der Waals surface area contributed by atoms with Crippen molar-refractivity contribution >= 4 is 23.9 Å². The number of esters is 1. The molecule has 4 heterocycles. The molecular weight excluding hydrogens is 500 g/mol. The summed E-state index contributed by atoms with van der Waals surface area (Å²) in [5.41, 5.74) is 4.86. The average Bonchev–Trinajstić information content (AvgIpc) is 3.51. The number of hydrogen-bond acceptors (Lipinski definition) is 9. The maximum atomic E-state index is 12.8. The number of nitrogen functional groups attached to an aromatic ring is 1. The number of carbonyl (C=O) groups is 1. The molecule has 11 nitrogen and oxygen atoms in total. The Morgan fingerprint density at radius 1 is 1.31 bits per heavy atom. The highest BCUT2D eigenvalue weighted by molar-refractivity contribution is 5.96. The van der Waals surface area contributed by atoms with Gasteiger partial charge in [0, 0.05) is 42.5 Å². The molecule has 6 rings (SSSR count). The van der Waals surface area contributed by atoms with Crippen LogP contribution in [0.25, 0.3) is 6.08 Å². The number of aliphatic hydroxyl groups is 2. The van der Waals surface area contributed by atoms with Gasteiger partial charge in [0.15, 0.2) is 5.95 Å². The Labute approximate surface area is 225 Å². The lowest BCUT2D eigenvalue weighted by Crippen LogP contribution is -2.63. The van der Waals surface area contributed by atoms with Crippen LogP contribution in [0.4, 0.5) is 11.9 Å². The quantitative estimate of drug-likeness (QED) is 0.368. The summed E-state index contributed by atoms with van der Waals surface area (Å²) in [6, 6.07) is 0.105. The lowest BCUT2D eigenvalue weighted by molar-refractivity contribution is -0.168. The third-order valence-corrected chi connectivity index (χ3v) is 9.69. The van der Waals surface area contributed by atoms with Crippen molar-refractivity contribution < 1.29 is 19.7 Å². The van der Waals surface area contributed by atoms with Crippen molar-refractivity contribution in [1.29, 1.82) is 0 Å². The van der Waals surface area contributed by atoms with Gasteiger partial charge in [0.1, 0.15) is 5.76 Å². The highest BCUT2D eigenvalue weighted by atomic mass is 16.5. The summed E-state index contributed by atoms with van der Waals surface area (Å²) in [7, 11) is 0. The third-order valence-electron chi connectivity index (χ3n) is 9.69. The molecule has 11 heteroatoms. The van der Waals surface area contributed by atoms with E-state index in [1.54, 1.807) is 12.3 Å². The SMILES string of the molecule is C[C@]12CC[C@H](O)[C@@](C)(CO)C1CC1Nc3nccn3CC1C2/C=C/C1=CC(=C\c2cnc(N)[nH]c2=O)/OC1=O. The first-order valence-electron chi connectivity index (χ1n) is 13.4. The second-order valence-electron chi connectivity index (χ2n) is 11.8. The standard InChI is InChI=1S/C28H34N6O5/c1-27-6-5-22(36)28(2,14-35)21(27)11-20-18(13-34-8-7-30-26(34)32-20)19(27)4-3-15-9-17(39-24(15)38)10-16-12-31-25(29)33-23(16)37/h3-4,7-10,12,18-22,35-36H,5-6,11,13-14H2,1-2H3,(H,30,32)(H3,29,31,33,37)/b4-3+,17-10+/t18?,19?,20?,21?,22-,27+,28-/m0/s1. The van der Waals surface area contributed by atoms with Crippen molar-refractivity contribution in [3.63, 3.8) is 0 Å². The van der Waals surface area contributed by atoms with Crippen molar-refractivity contribution in [2.24, 2.45) is 28.6 Å². The van der Waals surface area contributed by atoms with Gasteiger partial charge in [-0.25, -0.2) is 14.8 Å². The Morgan fingerprint density at radius 3 is 2.90 bits per heavy atom. The molecule has 7 atom stereocenters. The summed E-state index contributed by atoms with van der Waals surface area (Å²) in [6.07, 6.45) is 13.7. The fourth-order valence-corrected chi connectivity index (χ4v) is 7.49. The van der Waals surface area contributed by atoms with Gasteiger partial charge >= 0.3 is 5.97 Å². The Morgan fingerprint density at radius 2 is 2.13 bits per heavy atom. The number of nitrogens with zero attached hydrogens (tertiary/aromatic N) is 3. The summed E-state index contributed by atoms with van der Waals surface area (Å²) < 4.78 is 7.54. The molecular formula is C28H34N6O5. The fourth-order valence-electron chi connectivity index (χ4n) is 7.49. The van der Waals surface area contributed by atoms with Gasteiger partial charge in [0.2, 0.25) is 5.95 Å². The third kappa shape index (κ3) is 4.11. The lowest BCUT2D eigenvalue weighted by atomic mass is 9.44. The van der Waals surface area contributed by atoms with Crippen LogP contribution >= 0.6 is 0 Å². The average molecular weight is 535 g/mol. The minimum absolute atomic E-state index is 0.00913. The molecule has 2 aliphatic carbocycles. The number of H-pyrrole nitrogens is 1. The number of allylic oxidation sites excluding steroid dienone is 2. The lowest BCUT2D eigenvalue weighted by Gasteiger charge is -2.63. The van der Waals surface area contributed by atoms with Crippen LogP contribution in [0.2, 0.25) is 0 Å². The van der Waals surface area contributed by atoms with Crippen LogP contribution in [0, 0.1) is 28.6 Å². The zero-order valence-corrected chi connectivity index (χ0v) is 22.0. The van der Waals surface area contributed by atoms with Crippen molar-refractivity contribution in [2.45, 2.75) is 51.8 Å². The molecule has 2 aromatic heterocycles. The van der Waals surface area contributed by atoms with Crippen LogP contribution in [0.15, 0.2) is 52.9 Å². The van der Waals surface area contributed by atoms with Gasteiger partial charge in [-0.2, -0.15) is 0 Å². The zero-order valence-electron chi connectivity index (χ0n) is 22.0. The Kier molecular flexibility index (Phi) is 6.03. The second kappa shape index (κ2) is 9.20. The Bertz CT molecular complexity index is 1460. The zero-order chi connectivity index (χ0) is 27.5. The molecule has 206 valence electrons. The highest BCUT2D eigenvalue weighted by Crippen LogP contribution is 2.62. The van der Waals surface area contributed by atoms with Gasteiger partial charge in [-0.3, -0.25) is 9.78 Å². The van der Waals surface area contributed by atoms with E-state index in [9.17, 15) is 19.8 Å². The number of aromatic amines is 1. The van der Waals surface area contributed by atoms with Gasteiger partial charge in [-0.1, -0.05) is 26.0 Å². The predicted molar refractivity (Wildman–Crippen MR) is 144 cm³/mol. The fraction of sp³-hybridized carbons (Fsp3) is 0.500. The number of fused-ring (bicyclic) bond motifs is 3. The topological polar surface area (TPSA) is 168 Å². The number of cyclic esters (lactones) is 1. The monoisotopic (exact) mass is 534 g/mol. The largest absolute Gasteiger partial charge is 0.423 e. The van der Waals surface area contributed by atoms with Crippen LogP contribution in [0.3, 0.4) is 0 Å². The number of aromatic nitrogens is 4. The first kappa shape index (κ1) is 25.6. The molecule has 2 saturated carbocycles. The number of aliphatic hydroxyl groups excluding tert-OH is 2. The van der Waals surface area contributed by atoms with E-state index in [0.29, 0.717) is 12.0 Å². The molecule has 0 radical (unpaired) electrons. The summed E-state index contributed by atoms with van der Waals surface area (Å²) in [4.78, 5) is 35.7. The van der Waals surface area contributed by atoms with E-state index < -0.39 is 23.0 Å². The van der Waals surface area contributed by atoms with Crippen LogP contribution in [-0.4, -0.2) is 54.5 Å². The molecule has 2 aromatic rings. The normalized spacial score (nSPS) is 36.6. The molecule has 2 fully saturated rings. The van der Waals surface area contributed by atoms with Gasteiger partial charge < -0.3 is 30.6 Å². The maximum absolute atomic E-state index is 12.8. The number of hydrogen-bond donors (Lipinski definition) is 5. The summed E-state index contributed by atoms with van der Waals surface area (Å²) in [5.74, 6) is 0.906. The number of imidazole rings is 1. The van der Waals surface area contributed by atoms with E-state index in [0.717, 1.165) is 25.3 Å². The summed E-state index contributed by atoms with van der Waals surface area (Å²) >= 11 is 0. The molecule has 4 unspecified atom stereocenters. The van der Waals surface area contributed by atoms with Crippen molar-refractivity contribution in [1.82, 2.24) is 19.5 Å². The van der Waals surface area contributed by atoms with Crippen LogP contribution in [0.1, 0.15) is 38.7 Å². The number of nitrogens with one attached hydrogen (secondary N) is 2. The number of ether oxygens (including phenoxy) is 1. The Balaban J connectivity index is 1.36. The summed E-state index contributed by atoms with van der Waals surface area (Å²) in [6.45, 7) is 4.94. The number of anilines is 2. The molecule has 0 aromatic carbocycles. The van der Waals surface area contributed by atoms with Crippen LogP contribution in [-0.2, 0) is 16.1 Å². The second-order valence-corrected chi connectivity index (χ2v) is 11.8. The number of rotatable bonds is 4. The minimum atomic E-state index is -0.639. The molecule has 0 spiro atoms.